The van der Waals surface area contributed by atoms with Gasteiger partial charge >= 0.3 is 0 Å². The molecule has 1 aliphatic heterocycles. The topological polar surface area (TPSA) is 84.9 Å². The SMILES string of the molecule is CCN(CC)S(=O)(=O)c1ccc(/C=C/C(=O)NCc2ccc3c(c2)OCO3)cc1. The van der Waals surface area contributed by atoms with Gasteiger partial charge in [0.2, 0.25) is 22.7 Å². The normalized spacial score (nSPS) is 13.2. The van der Waals surface area contributed by atoms with Crippen molar-refractivity contribution in [3.05, 3.63) is 59.7 Å². The van der Waals surface area contributed by atoms with E-state index in [0.29, 0.717) is 31.1 Å². The number of rotatable bonds is 8. The van der Waals surface area contributed by atoms with Crippen molar-refractivity contribution in [1.29, 1.82) is 0 Å². The average molecular weight is 416 g/mol. The lowest BCUT2D eigenvalue weighted by molar-refractivity contribution is -0.116. The van der Waals surface area contributed by atoms with Crippen LogP contribution in [0.1, 0.15) is 25.0 Å². The monoisotopic (exact) mass is 416 g/mol. The minimum absolute atomic E-state index is 0.211. The fourth-order valence-corrected chi connectivity index (χ4v) is 4.39. The van der Waals surface area contributed by atoms with Crippen molar-refractivity contribution < 1.29 is 22.7 Å². The number of benzene rings is 2. The van der Waals surface area contributed by atoms with Gasteiger partial charge in [0, 0.05) is 25.7 Å². The molecule has 1 aliphatic rings. The van der Waals surface area contributed by atoms with E-state index >= 15 is 0 Å². The molecule has 0 spiro atoms. The molecule has 8 heteroatoms. The van der Waals surface area contributed by atoms with E-state index in [2.05, 4.69) is 5.32 Å². The summed E-state index contributed by atoms with van der Waals surface area (Å²) in [4.78, 5) is 12.3. The molecule has 0 fully saturated rings. The van der Waals surface area contributed by atoms with Crippen LogP contribution in [0.5, 0.6) is 11.5 Å². The van der Waals surface area contributed by atoms with Gasteiger partial charge in [-0.05, 0) is 41.5 Å². The Bertz CT molecular complexity index is 996. The first kappa shape index (κ1) is 20.9. The molecule has 0 saturated carbocycles. The summed E-state index contributed by atoms with van der Waals surface area (Å²) in [6, 6.07) is 12.0. The third-order valence-electron chi connectivity index (χ3n) is 4.55. The van der Waals surface area contributed by atoms with Crippen molar-refractivity contribution in [2.24, 2.45) is 0 Å². The molecule has 3 rings (SSSR count). The fourth-order valence-electron chi connectivity index (χ4n) is 2.93. The number of amides is 1. The molecule has 1 amide bonds. The highest BCUT2D eigenvalue weighted by Gasteiger charge is 2.21. The standard InChI is InChI=1S/C21H24N2O5S/c1-3-23(4-2)29(25,26)18-9-5-16(6-10-18)8-12-21(24)22-14-17-7-11-19-20(13-17)28-15-27-19/h5-13H,3-4,14-15H2,1-2H3,(H,22,24)/b12-8+. The van der Waals surface area contributed by atoms with Gasteiger partial charge in [-0.15, -0.1) is 0 Å². The maximum Gasteiger partial charge on any atom is 0.244 e. The zero-order valence-corrected chi connectivity index (χ0v) is 17.2. The van der Waals surface area contributed by atoms with E-state index in [4.69, 9.17) is 9.47 Å². The lowest BCUT2D eigenvalue weighted by atomic mass is 10.2. The second-order valence-corrected chi connectivity index (χ2v) is 8.34. The minimum atomic E-state index is -3.48. The summed E-state index contributed by atoms with van der Waals surface area (Å²) >= 11 is 0. The van der Waals surface area contributed by atoms with Crippen molar-refractivity contribution in [3.8, 4) is 11.5 Å². The largest absolute Gasteiger partial charge is 0.454 e. The zero-order chi connectivity index (χ0) is 20.9. The highest BCUT2D eigenvalue weighted by atomic mass is 32.2. The summed E-state index contributed by atoms with van der Waals surface area (Å²) in [5.41, 5.74) is 1.64. The van der Waals surface area contributed by atoms with Crippen LogP contribution in [0.15, 0.2) is 53.4 Å². The molecule has 0 saturated heterocycles. The number of hydrogen-bond donors (Lipinski definition) is 1. The minimum Gasteiger partial charge on any atom is -0.454 e. The number of nitrogens with one attached hydrogen (secondary N) is 1. The Balaban J connectivity index is 1.57. The number of ether oxygens (including phenoxy) is 2. The van der Waals surface area contributed by atoms with Crippen molar-refractivity contribution in [2.75, 3.05) is 19.9 Å². The predicted octanol–water partition coefficient (Wildman–Crippen LogP) is 2.78. The number of carbonyl (C=O) groups is 1. The Morgan fingerprint density at radius 2 is 1.76 bits per heavy atom. The van der Waals surface area contributed by atoms with E-state index in [1.165, 1.54) is 10.4 Å². The summed E-state index contributed by atoms with van der Waals surface area (Å²) in [7, 11) is -3.48. The second kappa shape index (κ2) is 9.11. The van der Waals surface area contributed by atoms with Crippen LogP contribution in [0.3, 0.4) is 0 Å². The molecular formula is C21H24N2O5S. The molecule has 29 heavy (non-hydrogen) atoms. The Morgan fingerprint density at radius 3 is 2.45 bits per heavy atom. The van der Waals surface area contributed by atoms with Gasteiger partial charge < -0.3 is 14.8 Å². The Hall–Kier alpha value is -2.84. The quantitative estimate of drug-likeness (QED) is 0.669. The van der Waals surface area contributed by atoms with Crippen LogP contribution in [0, 0.1) is 0 Å². The first-order valence-corrected chi connectivity index (χ1v) is 10.8. The molecule has 0 unspecified atom stereocenters. The molecule has 0 atom stereocenters. The number of fused-ring (bicyclic) bond motifs is 1. The van der Waals surface area contributed by atoms with Gasteiger partial charge in [-0.25, -0.2) is 8.42 Å². The Morgan fingerprint density at radius 1 is 1.07 bits per heavy atom. The average Bonchev–Trinajstić information content (AvgIpc) is 3.19. The highest BCUT2D eigenvalue weighted by molar-refractivity contribution is 7.89. The molecule has 2 aromatic carbocycles. The van der Waals surface area contributed by atoms with E-state index in [1.807, 2.05) is 18.2 Å². The van der Waals surface area contributed by atoms with Gasteiger partial charge in [-0.2, -0.15) is 4.31 Å². The molecular weight excluding hydrogens is 392 g/mol. The smallest absolute Gasteiger partial charge is 0.244 e. The summed E-state index contributed by atoms with van der Waals surface area (Å²) < 4.78 is 37.0. The molecule has 1 heterocycles. The van der Waals surface area contributed by atoms with Crippen LogP contribution < -0.4 is 14.8 Å². The van der Waals surface area contributed by atoms with Gasteiger partial charge in [-0.3, -0.25) is 4.79 Å². The van der Waals surface area contributed by atoms with E-state index in [9.17, 15) is 13.2 Å². The van der Waals surface area contributed by atoms with Crippen LogP contribution in [0.25, 0.3) is 6.08 Å². The van der Waals surface area contributed by atoms with Crippen LogP contribution >= 0.6 is 0 Å². The second-order valence-electron chi connectivity index (χ2n) is 6.40. The van der Waals surface area contributed by atoms with Crippen LogP contribution in [-0.2, 0) is 21.4 Å². The number of nitrogens with zero attached hydrogens (tertiary/aromatic N) is 1. The van der Waals surface area contributed by atoms with Gasteiger partial charge in [-0.1, -0.05) is 32.0 Å². The lowest BCUT2D eigenvalue weighted by Crippen LogP contribution is -2.30. The Kier molecular flexibility index (Phi) is 6.56. The predicted molar refractivity (Wildman–Crippen MR) is 110 cm³/mol. The maximum atomic E-state index is 12.5. The lowest BCUT2D eigenvalue weighted by Gasteiger charge is -2.18. The number of sulfonamides is 1. The first-order chi connectivity index (χ1) is 13.9. The first-order valence-electron chi connectivity index (χ1n) is 9.38. The van der Waals surface area contributed by atoms with Crippen molar-refractivity contribution in [2.45, 2.75) is 25.3 Å². The van der Waals surface area contributed by atoms with Crippen LogP contribution in [-0.4, -0.2) is 38.5 Å². The van der Waals surface area contributed by atoms with Crippen molar-refractivity contribution >= 4 is 22.0 Å². The van der Waals surface area contributed by atoms with Gasteiger partial charge in [0.15, 0.2) is 11.5 Å². The highest BCUT2D eigenvalue weighted by Crippen LogP contribution is 2.32. The fraction of sp³-hybridized carbons (Fsp3) is 0.286. The maximum absolute atomic E-state index is 12.5. The number of carbonyl (C=O) groups excluding carboxylic acids is 1. The van der Waals surface area contributed by atoms with Gasteiger partial charge in [0.1, 0.15) is 0 Å². The Labute approximate surface area is 171 Å². The third kappa shape index (κ3) is 4.96. The molecule has 2 aromatic rings. The van der Waals surface area contributed by atoms with Crippen LogP contribution in [0.4, 0.5) is 0 Å². The van der Waals surface area contributed by atoms with E-state index in [-0.39, 0.29) is 17.6 Å². The van der Waals surface area contributed by atoms with Gasteiger partial charge in [0.05, 0.1) is 4.90 Å². The van der Waals surface area contributed by atoms with Crippen molar-refractivity contribution in [3.63, 3.8) is 0 Å². The summed E-state index contributed by atoms with van der Waals surface area (Å²) in [6.45, 7) is 5.03. The summed E-state index contributed by atoms with van der Waals surface area (Å²) in [5.74, 6) is 1.13. The van der Waals surface area contributed by atoms with E-state index in [1.54, 1.807) is 44.2 Å². The number of hydrogen-bond acceptors (Lipinski definition) is 5. The molecule has 1 N–H and O–H groups in total. The summed E-state index contributed by atoms with van der Waals surface area (Å²) in [6.07, 6.45) is 3.06. The zero-order valence-electron chi connectivity index (χ0n) is 16.4. The molecule has 154 valence electrons. The van der Waals surface area contributed by atoms with Crippen molar-refractivity contribution in [1.82, 2.24) is 9.62 Å². The molecule has 0 bridgehead atoms. The molecule has 0 aliphatic carbocycles. The summed E-state index contributed by atoms with van der Waals surface area (Å²) in [5, 5.41) is 2.80. The molecule has 0 radical (unpaired) electrons. The van der Waals surface area contributed by atoms with Gasteiger partial charge in [0.25, 0.3) is 0 Å². The van der Waals surface area contributed by atoms with E-state index < -0.39 is 10.0 Å². The third-order valence-corrected chi connectivity index (χ3v) is 6.62. The molecule has 7 nitrogen and oxygen atoms in total. The molecule has 0 aromatic heterocycles. The van der Waals surface area contributed by atoms with Crippen LogP contribution in [0.2, 0.25) is 0 Å². The van der Waals surface area contributed by atoms with E-state index in [0.717, 1.165) is 11.1 Å².